The molecule has 0 amide bonds. The maximum atomic E-state index is 5.36. The van der Waals surface area contributed by atoms with Crippen molar-refractivity contribution in [2.24, 2.45) is 0 Å². The normalized spacial score (nSPS) is 8.88. The molecular formula is C15H20ClN. The fraction of sp³-hybridized carbons (Fsp3) is 0.200. The van der Waals surface area contributed by atoms with Crippen molar-refractivity contribution in [3.05, 3.63) is 66.2 Å². The summed E-state index contributed by atoms with van der Waals surface area (Å²) in [7, 11) is 0. The van der Waals surface area contributed by atoms with Crippen LogP contribution in [-0.4, -0.2) is 0 Å². The molecule has 0 spiro atoms. The third-order valence-electron chi connectivity index (χ3n) is 2.27. The van der Waals surface area contributed by atoms with Crippen molar-refractivity contribution in [2.45, 2.75) is 19.8 Å². The largest absolute Gasteiger partial charge is 0.399 e. The molecule has 0 aliphatic carbocycles. The smallest absolute Gasteiger partial charge is 0.0313 e. The first-order valence-corrected chi connectivity index (χ1v) is 5.55. The molecule has 1 nitrogen and oxygen atoms in total. The van der Waals surface area contributed by atoms with Crippen molar-refractivity contribution in [3.63, 3.8) is 0 Å². The summed E-state index contributed by atoms with van der Waals surface area (Å²) in [5.74, 6) is 0.659. The zero-order chi connectivity index (χ0) is 11.8. The van der Waals surface area contributed by atoms with Gasteiger partial charge in [0, 0.05) is 5.69 Å². The van der Waals surface area contributed by atoms with Gasteiger partial charge in [0.2, 0.25) is 0 Å². The molecule has 92 valence electrons. The number of rotatable bonds is 1. The average molecular weight is 250 g/mol. The Balaban J connectivity index is 0.000000292. The van der Waals surface area contributed by atoms with E-state index in [1.807, 2.05) is 36.4 Å². The molecule has 0 radical (unpaired) electrons. The summed E-state index contributed by atoms with van der Waals surface area (Å²) in [6.45, 7) is 4.41. The van der Waals surface area contributed by atoms with Crippen molar-refractivity contribution in [3.8, 4) is 0 Å². The second-order valence-electron chi connectivity index (χ2n) is 3.98. The van der Waals surface area contributed by atoms with Crippen LogP contribution in [0.25, 0.3) is 0 Å². The quantitative estimate of drug-likeness (QED) is 0.740. The van der Waals surface area contributed by atoms with Crippen LogP contribution < -0.4 is 5.73 Å². The van der Waals surface area contributed by atoms with E-state index >= 15 is 0 Å². The third-order valence-corrected chi connectivity index (χ3v) is 2.27. The number of nitrogens with two attached hydrogens (primary N) is 1. The van der Waals surface area contributed by atoms with Crippen molar-refractivity contribution in [1.82, 2.24) is 0 Å². The Hall–Kier alpha value is -1.47. The van der Waals surface area contributed by atoms with Gasteiger partial charge in [0.05, 0.1) is 0 Å². The number of hydrogen-bond donors (Lipinski definition) is 1. The van der Waals surface area contributed by atoms with Gasteiger partial charge in [-0.15, -0.1) is 12.4 Å². The first kappa shape index (κ1) is 15.5. The topological polar surface area (TPSA) is 26.0 Å². The van der Waals surface area contributed by atoms with Crippen LogP contribution in [0, 0.1) is 0 Å². The summed E-state index contributed by atoms with van der Waals surface area (Å²) in [5.41, 5.74) is 7.59. The van der Waals surface area contributed by atoms with E-state index in [9.17, 15) is 0 Å². The van der Waals surface area contributed by atoms with E-state index in [1.165, 1.54) is 5.56 Å². The molecule has 17 heavy (non-hydrogen) atoms. The zero-order valence-corrected chi connectivity index (χ0v) is 11.2. The van der Waals surface area contributed by atoms with Gasteiger partial charge in [0.25, 0.3) is 0 Å². The Labute approximate surface area is 110 Å². The van der Waals surface area contributed by atoms with Gasteiger partial charge in [-0.3, -0.25) is 0 Å². The maximum Gasteiger partial charge on any atom is 0.0313 e. The number of nitrogen functional groups attached to an aromatic ring is 1. The van der Waals surface area contributed by atoms with Gasteiger partial charge in [-0.1, -0.05) is 62.4 Å². The third kappa shape index (κ3) is 6.64. The zero-order valence-electron chi connectivity index (χ0n) is 10.3. The van der Waals surface area contributed by atoms with Crippen LogP contribution in [0.4, 0.5) is 5.69 Å². The fourth-order valence-electron chi connectivity index (χ4n) is 1.29. The summed E-state index contributed by atoms with van der Waals surface area (Å²) in [6, 6.07) is 20.0. The summed E-state index contributed by atoms with van der Waals surface area (Å²) in [5, 5.41) is 0. The lowest BCUT2D eigenvalue weighted by Crippen LogP contribution is -1.83. The van der Waals surface area contributed by atoms with Gasteiger partial charge in [0.1, 0.15) is 0 Å². The summed E-state index contributed by atoms with van der Waals surface area (Å²) in [6.07, 6.45) is 0. The van der Waals surface area contributed by atoms with Crippen LogP contribution in [0.3, 0.4) is 0 Å². The Morgan fingerprint density at radius 2 is 1.18 bits per heavy atom. The Morgan fingerprint density at radius 1 is 0.765 bits per heavy atom. The number of benzene rings is 2. The van der Waals surface area contributed by atoms with E-state index in [-0.39, 0.29) is 12.4 Å². The van der Waals surface area contributed by atoms with Crippen molar-refractivity contribution in [1.29, 1.82) is 0 Å². The number of hydrogen-bond acceptors (Lipinski definition) is 1. The predicted octanol–water partition coefficient (Wildman–Crippen LogP) is 4.50. The summed E-state index contributed by atoms with van der Waals surface area (Å²) in [4.78, 5) is 0. The average Bonchev–Trinajstić information content (AvgIpc) is 2.32. The van der Waals surface area contributed by atoms with E-state index in [4.69, 9.17) is 5.73 Å². The highest BCUT2D eigenvalue weighted by molar-refractivity contribution is 5.85. The van der Waals surface area contributed by atoms with Gasteiger partial charge in [-0.2, -0.15) is 0 Å². The molecule has 2 N–H and O–H groups in total. The lowest BCUT2D eigenvalue weighted by Gasteiger charge is -2.01. The van der Waals surface area contributed by atoms with E-state index in [0.29, 0.717) is 5.92 Å². The Bertz CT molecular complexity index is 384. The first-order valence-electron chi connectivity index (χ1n) is 5.55. The highest BCUT2D eigenvalue weighted by Crippen LogP contribution is 2.11. The highest BCUT2D eigenvalue weighted by atomic mass is 35.5. The van der Waals surface area contributed by atoms with Crippen molar-refractivity contribution < 1.29 is 0 Å². The molecule has 2 aromatic rings. The van der Waals surface area contributed by atoms with Crippen LogP contribution in [0.1, 0.15) is 25.3 Å². The van der Waals surface area contributed by atoms with Crippen LogP contribution in [-0.2, 0) is 0 Å². The van der Waals surface area contributed by atoms with Gasteiger partial charge >= 0.3 is 0 Å². The monoisotopic (exact) mass is 249 g/mol. The molecule has 0 bridgehead atoms. The molecule has 2 aromatic carbocycles. The van der Waals surface area contributed by atoms with E-state index < -0.39 is 0 Å². The molecule has 0 fully saturated rings. The van der Waals surface area contributed by atoms with E-state index in [1.54, 1.807) is 0 Å². The molecule has 0 saturated heterocycles. The van der Waals surface area contributed by atoms with Gasteiger partial charge < -0.3 is 5.73 Å². The molecule has 0 atom stereocenters. The maximum absolute atomic E-state index is 5.36. The summed E-state index contributed by atoms with van der Waals surface area (Å²) < 4.78 is 0. The second-order valence-corrected chi connectivity index (χ2v) is 3.98. The molecule has 0 heterocycles. The van der Waals surface area contributed by atoms with Crippen LogP contribution in [0.2, 0.25) is 0 Å². The molecule has 0 unspecified atom stereocenters. The lowest BCUT2D eigenvalue weighted by molar-refractivity contribution is 0.867. The molecule has 2 heteroatoms. The van der Waals surface area contributed by atoms with Crippen molar-refractivity contribution in [2.75, 3.05) is 5.73 Å². The van der Waals surface area contributed by atoms with Gasteiger partial charge in [-0.05, 0) is 23.6 Å². The number of halogens is 1. The van der Waals surface area contributed by atoms with E-state index in [0.717, 1.165) is 5.69 Å². The number of anilines is 1. The fourth-order valence-corrected chi connectivity index (χ4v) is 1.29. The highest BCUT2D eigenvalue weighted by Gasteiger charge is 1.93. The SMILES string of the molecule is CC(C)c1ccccc1.Cl.Nc1ccccc1. The summed E-state index contributed by atoms with van der Waals surface area (Å²) >= 11 is 0. The molecule has 0 aliphatic rings. The second kappa shape index (κ2) is 8.66. The minimum Gasteiger partial charge on any atom is -0.399 e. The van der Waals surface area contributed by atoms with Crippen LogP contribution in [0.5, 0.6) is 0 Å². The predicted molar refractivity (Wildman–Crippen MR) is 78.6 cm³/mol. The van der Waals surface area contributed by atoms with Gasteiger partial charge in [-0.25, -0.2) is 0 Å². The molecule has 0 aliphatic heterocycles. The Kier molecular flexibility index (Phi) is 7.91. The minimum atomic E-state index is 0. The lowest BCUT2D eigenvalue weighted by atomic mass is 10.0. The first-order chi connectivity index (χ1) is 7.70. The standard InChI is InChI=1S/C9H12.C6H7N.ClH/c1-8(2)9-6-4-3-5-7-9;7-6-4-2-1-3-5-6;/h3-8H,1-2H3;1-5H,7H2;1H. The van der Waals surface area contributed by atoms with E-state index in [2.05, 4.69) is 38.1 Å². The molecule has 0 saturated carbocycles. The Morgan fingerprint density at radius 3 is 1.41 bits per heavy atom. The molecular weight excluding hydrogens is 230 g/mol. The number of para-hydroxylation sites is 1. The molecule has 2 rings (SSSR count). The van der Waals surface area contributed by atoms with Crippen molar-refractivity contribution >= 4 is 18.1 Å². The molecule has 0 aromatic heterocycles. The minimum absolute atomic E-state index is 0. The van der Waals surface area contributed by atoms with Crippen LogP contribution >= 0.6 is 12.4 Å². The van der Waals surface area contributed by atoms with Gasteiger partial charge in [0.15, 0.2) is 0 Å². The van der Waals surface area contributed by atoms with Crippen LogP contribution in [0.15, 0.2) is 60.7 Å².